The molecule has 0 aromatic rings. The molecule has 0 amide bonds. The molecule has 88 valence electrons. The molecule has 0 bridgehead atoms. The summed E-state index contributed by atoms with van der Waals surface area (Å²) in [5.74, 6) is -2.62. The lowest BCUT2D eigenvalue weighted by molar-refractivity contribution is -0.151. The van der Waals surface area contributed by atoms with Gasteiger partial charge in [0.1, 0.15) is 6.04 Å². The van der Waals surface area contributed by atoms with E-state index in [1.165, 1.54) is 0 Å². The minimum Gasteiger partial charge on any atom is -0.480 e. The van der Waals surface area contributed by atoms with Gasteiger partial charge in [-0.2, -0.15) is 3.89 Å². The van der Waals surface area contributed by atoms with Crippen molar-refractivity contribution in [3.05, 3.63) is 0 Å². The Kier molecular flexibility index (Phi) is 7.01. The van der Waals surface area contributed by atoms with E-state index in [1.54, 1.807) is 0 Å². The number of aliphatic carboxylic acids is 2. The third-order valence-corrected chi connectivity index (χ3v) is 1.86. The minimum absolute atomic E-state index is 0.00785. The molecule has 2 unspecified atom stereocenters. The van der Waals surface area contributed by atoms with E-state index in [9.17, 15) is 13.5 Å². The van der Waals surface area contributed by atoms with Crippen LogP contribution in [0.3, 0.4) is 0 Å². The highest BCUT2D eigenvalue weighted by Crippen LogP contribution is 2.05. The highest BCUT2D eigenvalue weighted by Gasteiger charge is 2.24. The van der Waals surface area contributed by atoms with Gasteiger partial charge in [-0.15, -0.1) is 0 Å². The number of carboxylic acid groups (broad SMARTS) is 2. The monoisotopic (exact) mass is 241 g/mol. The summed E-state index contributed by atoms with van der Waals surface area (Å²) in [4.78, 5) is 20.9. The van der Waals surface area contributed by atoms with Crippen LogP contribution in [0.5, 0.6) is 0 Å². The maximum absolute atomic E-state index is 11.6. The van der Waals surface area contributed by atoms with Crippen LogP contribution < -0.4 is 5.73 Å². The van der Waals surface area contributed by atoms with Crippen LogP contribution in [0.2, 0.25) is 0 Å². The van der Waals surface area contributed by atoms with E-state index >= 15 is 0 Å². The number of hydrogen-bond acceptors (Lipinski definition) is 5. The third-order valence-electron chi connectivity index (χ3n) is 1.54. The molecule has 0 aliphatic carbocycles. The van der Waals surface area contributed by atoms with E-state index in [2.05, 4.69) is 0 Å². The first kappa shape index (κ1) is 14.1. The number of nitrogens with two attached hydrogens (primary N) is 1. The fourth-order valence-corrected chi connectivity index (χ4v) is 0.953. The van der Waals surface area contributed by atoms with Gasteiger partial charge in [0.2, 0.25) is 0 Å². The Morgan fingerprint density at radius 3 is 2.40 bits per heavy atom. The third kappa shape index (κ3) is 6.26. The summed E-state index contributed by atoms with van der Waals surface area (Å²) in [7, 11) is 0. The Bertz CT molecular complexity index is 227. The van der Waals surface area contributed by atoms with E-state index in [4.69, 9.17) is 20.7 Å². The second-order valence-electron chi connectivity index (χ2n) is 2.69. The molecule has 0 radical (unpaired) electrons. The first-order valence-corrected chi connectivity index (χ1v) is 4.94. The summed E-state index contributed by atoms with van der Waals surface area (Å²) in [6.07, 6.45) is -1.66. The number of hydrogen-bond donors (Lipinski definition) is 3. The molecule has 0 aliphatic rings. The van der Waals surface area contributed by atoms with E-state index in [-0.39, 0.29) is 30.9 Å². The van der Waals surface area contributed by atoms with Gasteiger partial charge in [-0.1, -0.05) is 0 Å². The number of rotatable bonds is 8. The first-order chi connectivity index (χ1) is 6.99. The van der Waals surface area contributed by atoms with Crippen molar-refractivity contribution in [2.75, 3.05) is 12.4 Å². The smallest absolute Gasteiger partial charge is 0.332 e. The normalized spacial score (nSPS) is 14.5. The van der Waals surface area contributed by atoms with Crippen molar-refractivity contribution >= 4 is 24.1 Å². The summed E-state index contributed by atoms with van der Waals surface area (Å²) in [5, 5.41) is 17.1. The van der Waals surface area contributed by atoms with Gasteiger partial charge < -0.3 is 20.7 Å². The molecule has 0 aromatic heterocycles. The average Bonchev–Trinajstić information content (AvgIpc) is 2.15. The van der Waals surface area contributed by atoms with Crippen LogP contribution in [0, 0.1) is 0 Å². The standard InChI is InChI=1S/C7H12FNO5S/c8-15-2-1-14-5(7(12)13)3-4(9)6(10)11/h4-5H,1-3,9H2,(H,10,11)(H,12,13). The Balaban J connectivity index is 4.04. The molecule has 0 saturated heterocycles. The fourth-order valence-electron chi connectivity index (χ4n) is 0.793. The second kappa shape index (κ2) is 7.43. The molecule has 4 N–H and O–H groups in total. The highest BCUT2D eigenvalue weighted by atomic mass is 32.2. The molecule has 0 spiro atoms. The molecular formula is C7H12FNO5S. The number of carboxylic acids is 2. The van der Waals surface area contributed by atoms with Crippen LogP contribution in [-0.2, 0) is 14.3 Å². The number of halogens is 1. The molecule has 15 heavy (non-hydrogen) atoms. The molecule has 2 atom stereocenters. The summed E-state index contributed by atoms with van der Waals surface area (Å²) in [5.41, 5.74) is 5.14. The molecular weight excluding hydrogens is 229 g/mol. The zero-order valence-corrected chi connectivity index (χ0v) is 8.58. The highest BCUT2D eigenvalue weighted by molar-refractivity contribution is 7.94. The van der Waals surface area contributed by atoms with E-state index < -0.39 is 24.1 Å². The van der Waals surface area contributed by atoms with Crippen molar-refractivity contribution in [3.63, 3.8) is 0 Å². The van der Waals surface area contributed by atoms with Crippen molar-refractivity contribution in [1.29, 1.82) is 0 Å². The second-order valence-corrected chi connectivity index (χ2v) is 3.32. The molecule has 0 aromatic carbocycles. The lowest BCUT2D eigenvalue weighted by Gasteiger charge is -2.14. The van der Waals surface area contributed by atoms with Crippen molar-refractivity contribution in [2.45, 2.75) is 18.6 Å². The zero-order chi connectivity index (χ0) is 11.8. The molecule has 6 nitrogen and oxygen atoms in total. The molecule has 0 aliphatic heterocycles. The summed E-state index contributed by atoms with van der Waals surface area (Å²) in [6.45, 7) is -0.107. The van der Waals surface area contributed by atoms with Gasteiger partial charge >= 0.3 is 11.9 Å². The predicted molar refractivity (Wildman–Crippen MR) is 51.2 cm³/mol. The van der Waals surface area contributed by atoms with Gasteiger partial charge in [-0.25, -0.2) is 4.79 Å². The lowest BCUT2D eigenvalue weighted by Crippen LogP contribution is -2.38. The number of carbonyl (C=O) groups is 2. The van der Waals surface area contributed by atoms with Crippen molar-refractivity contribution < 1.29 is 28.4 Å². The predicted octanol–water partition coefficient (Wildman–Crippen LogP) is -0.124. The Labute approximate surface area is 89.9 Å². The fraction of sp³-hybridized carbons (Fsp3) is 0.714. The van der Waals surface area contributed by atoms with E-state index in [0.717, 1.165) is 0 Å². The van der Waals surface area contributed by atoms with E-state index in [0.29, 0.717) is 0 Å². The first-order valence-electron chi connectivity index (χ1n) is 4.05. The number of ether oxygens (including phenoxy) is 1. The van der Waals surface area contributed by atoms with Crippen molar-refractivity contribution in [1.82, 2.24) is 0 Å². The quantitative estimate of drug-likeness (QED) is 0.508. The summed E-state index contributed by atoms with van der Waals surface area (Å²) >= 11 is 0.0150. The topological polar surface area (TPSA) is 110 Å². The van der Waals surface area contributed by atoms with Crippen LogP contribution in [-0.4, -0.2) is 46.7 Å². The van der Waals surface area contributed by atoms with Crippen LogP contribution in [0.15, 0.2) is 0 Å². The lowest BCUT2D eigenvalue weighted by atomic mass is 10.1. The molecule has 8 heteroatoms. The van der Waals surface area contributed by atoms with Crippen LogP contribution in [0.1, 0.15) is 6.42 Å². The molecule has 0 fully saturated rings. The van der Waals surface area contributed by atoms with Gasteiger partial charge in [0.15, 0.2) is 6.10 Å². The molecule has 0 saturated carbocycles. The van der Waals surface area contributed by atoms with Crippen LogP contribution in [0.4, 0.5) is 3.89 Å². The van der Waals surface area contributed by atoms with Gasteiger partial charge in [-0.05, 0) is 0 Å². The van der Waals surface area contributed by atoms with Crippen LogP contribution in [0.25, 0.3) is 0 Å². The Morgan fingerprint density at radius 2 is 2.00 bits per heavy atom. The zero-order valence-electron chi connectivity index (χ0n) is 7.76. The largest absolute Gasteiger partial charge is 0.480 e. The Hall–Kier alpha value is -0.860. The Morgan fingerprint density at radius 1 is 1.40 bits per heavy atom. The summed E-state index contributed by atoms with van der Waals surface area (Å²) < 4.78 is 16.4. The maximum Gasteiger partial charge on any atom is 0.332 e. The SMILES string of the molecule is NC(CC(OCCSF)C(=O)O)C(=O)O. The van der Waals surface area contributed by atoms with Gasteiger partial charge in [0.25, 0.3) is 0 Å². The van der Waals surface area contributed by atoms with E-state index in [1.807, 2.05) is 0 Å². The van der Waals surface area contributed by atoms with Gasteiger partial charge in [0, 0.05) is 24.3 Å². The maximum atomic E-state index is 11.6. The molecule has 0 heterocycles. The van der Waals surface area contributed by atoms with Crippen molar-refractivity contribution in [2.24, 2.45) is 5.73 Å². The summed E-state index contributed by atoms with van der Waals surface area (Å²) in [6, 6.07) is -1.30. The van der Waals surface area contributed by atoms with Crippen molar-refractivity contribution in [3.8, 4) is 0 Å². The van der Waals surface area contributed by atoms with Gasteiger partial charge in [0.05, 0.1) is 6.61 Å². The van der Waals surface area contributed by atoms with Crippen LogP contribution >= 0.6 is 12.1 Å². The minimum atomic E-state index is -1.32. The molecule has 0 rings (SSSR count). The average molecular weight is 241 g/mol. The van der Waals surface area contributed by atoms with Gasteiger partial charge in [-0.3, -0.25) is 4.79 Å².